The summed E-state index contributed by atoms with van der Waals surface area (Å²) in [4.78, 5) is 14.8. The molecule has 28 heavy (non-hydrogen) atoms. The van der Waals surface area contributed by atoms with Gasteiger partial charge in [-0.3, -0.25) is 9.79 Å². The van der Waals surface area contributed by atoms with Crippen LogP contribution in [0, 0.1) is 5.92 Å². The average Bonchev–Trinajstić information content (AvgIpc) is 2.94. The van der Waals surface area contributed by atoms with Crippen molar-refractivity contribution in [2.24, 2.45) is 10.9 Å². The molecule has 4 N–H and O–H groups in total. The quantitative estimate of drug-likeness (QED) is 0.264. The molecule has 6 heteroatoms. The first kappa shape index (κ1) is 22.3. The number of rotatable bonds is 11. The Kier molecular flexibility index (Phi) is 9.34. The predicted octanol–water partition coefficient (Wildman–Crippen LogP) is 3.23. The van der Waals surface area contributed by atoms with Crippen molar-refractivity contribution >= 4 is 17.9 Å². The van der Waals surface area contributed by atoms with Gasteiger partial charge >= 0.3 is 5.97 Å². The third kappa shape index (κ3) is 7.54. The van der Waals surface area contributed by atoms with Gasteiger partial charge in [0.05, 0.1) is 24.0 Å². The summed E-state index contributed by atoms with van der Waals surface area (Å²) in [5.41, 5.74) is 1.57. The smallest absolute Gasteiger partial charge is 0.303 e. The van der Waals surface area contributed by atoms with Crippen molar-refractivity contribution in [3.8, 4) is 0 Å². The topological polar surface area (TPSA) is 110 Å². The summed E-state index contributed by atoms with van der Waals surface area (Å²) in [6.07, 6.45) is 6.23. The van der Waals surface area contributed by atoms with E-state index in [9.17, 15) is 20.1 Å². The van der Waals surface area contributed by atoms with Crippen molar-refractivity contribution in [1.29, 1.82) is 0 Å². The number of carbonyl (C=O) groups is 1. The van der Waals surface area contributed by atoms with Crippen molar-refractivity contribution in [2.45, 2.75) is 69.7 Å². The monoisotopic (exact) mass is 389 g/mol. The highest BCUT2D eigenvalue weighted by Crippen LogP contribution is 2.36. The molecule has 1 aromatic rings. The number of aliphatic hydroxyl groups excluding tert-OH is 3. The number of carboxylic acid groups (broad SMARTS) is 1. The summed E-state index contributed by atoms with van der Waals surface area (Å²) >= 11 is 0. The van der Waals surface area contributed by atoms with Gasteiger partial charge in [-0.1, -0.05) is 43.5 Å². The number of nitrogens with zero attached hydrogens (tertiary/aromatic N) is 1. The van der Waals surface area contributed by atoms with Gasteiger partial charge in [0.25, 0.3) is 0 Å². The van der Waals surface area contributed by atoms with Crippen molar-refractivity contribution in [3.63, 3.8) is 0 Å². The Bertz CT molecular complexity index is 658. The lowest BCUT2D eigenvalue weighted by atomic mass is 9.92. The molecule has 154 valence electrons. The van der Waals surface area contributed by atoms with Gasteiger partial charge in [-0.25, -0.2) is 0 Å². The molecule has 0 bridgehead atoms. The van der Waals surface area contributed by atoms with E-state index in [-0.39, 0.29) is 12.3 Å². The summed E-state index contributed by atoms with van der Waals surface area (Å²) < 4.78 is 0. The average molecular weight is 389 g/mol. The molecular formula is C22H31NO5. The zero-order chi connectivity index (χ0) is 20.4. The van der Waals surface area contributed by atoms with Crippen LogP contribution in [0.3, 0.4) is 0 Å². The van der Waals surface area contributed by atoms with Gasteiger partial charge in [0.2, 0.25) is 0 Å². The van der Waals surface area contributed by atoms with Gasteiger partial charge in [0.1, 0.15) is 0 Å². The first-order valence-corrected chi connectivity index (χ1v) is 10.0. The molecule has 0 spiro atoms. The van der Waals surface area contributed by atoms with E-state index < -0.39 is 24.3 Å². The van der Waals surface area contributed by atoms with Crippen LogP contribution in [-0.2, 0) is 4.79 Å². The van der Waals surface area contributed by atoms with E-state index >= 15 is 0 Å². The first-order chi connectivity index (χ1) is 13.5. The molecule has 1 aromatic carbocycles. The van der Waals surface area contributed by atoms with Crippen LogP contribution < -0.4 is 0 Å². The minimum Gasteiger partial charge on any atom is -0.481 e. The summed E-state index contributed by atoms with van der Waals surface area (Å²) in [5, 5.41) is 39.3. The molecule has 0 radical (unpaired) electrons. The fourth-order valence-corrected chi connectivity index (χ4v) is 3.64. The number of benzene rings is 1. The molecule has 1 unspecified atom stereocenters. The fourth-order valence-electron chi connectivity index (χ4n) is 3.64. The molecule has 1 aliphatic rings. The van der Waals surface area contributed by atoms with Crippen molar-refractivity contribution in [3.05, 3.63) is 42.0 Å². The Morgan fingerprint density at radius 3 is 2.57 bits per heavy atom. The van der Waals surface area contributed by atoms with Crippen LogP contribution in [0.2, 0.25) is 0 Å². The maximum absolute atomic E-state index is 10.5. The molecule has 0 aromatic heterocycles. The number of para-hydroxylation sites is 1. The Hall–Kier alpha value is -2.02. The van der Waals surface area contributed by atoms with Crippen LogP contribution in [0.15, 0.2) is 47.0 Å². The molecule has 6 nitrogen and oxygen atoms in total. The molecule has 1 aliphatic carbocycles. The van der Waals surface area contributed by atoms with E-state index in [0.717, 1.165) is 36.9 Å². The predicted molar refractivity (Wildman–Crippen MR) is 109 cm³/mol. The van der Waals surface area contributed by atoms with Crippen molar-refractivity contribution in [2.75, 3.05) is 0 Å². The van der Waals surface area contributed by atoms with Crippen molar-refractivity contribution < 1.29 is 25.2 Å². The molecule has 0 heterocycles. The Balaban J connectivity index is 1.82. The maximum Gasteiger partial charge on any atom is 0.303 e. The van der Waals surface area contributed by atoms with Crippen LogP contribution in [0.5, 0.6) is 0 Å². The minimum atomic E-state index is -0.770. The SMILES string of the molecule is O=C(O)CCCCCC[C@@H]1/C(=C\CC(O)/C=N/c2ccccc2)[C@H](O)C[C@@H]1O. The summed E-state index contributed by atoms with van der Waals surface area (Å²) in [7, 11) is 0. The third-order valence-electron chi connectivity index (χ3n) is 5.14. The highest BCUT2D eigenvalue weighted by Gasteiger charge is 2.35. The zero-order valence-electron chi connectivity index (χ0n) is 16.2. The molecule has 4 atom stereocenters. The van der Waals surface area contributed by atoms with Crippen LogP contribution in [-0.4, -0.2) is 50.9 Å². The molecule has 1 fully saturated rings. The maximum atomic E-state index is 10.5. The van der Waals surface area contributed by atoms with Gasteiger partial charge in [-0.15, -0.1) is 0 Å². The Morgan fingerprint density at radius 2 is 1.86 bits per heavy atom. The van der Waals surface area contributed by atoms with Crippen LogP contribution >= 0.6 is 0 Å². The summed E-state index contributed by atoms with van der Waals surface area (Å²) in [6, 6.07) is 9.36. The standard InChI is InChI=1S/C22H31NO5/c24-17(15-23-16-8-4-3-5-9-16)12-13-19-18(20(25)14-21(19)26)10-6-1-2-7-11-22(27)28/h3-5,8-9,13,15,17-18,20-21,24-26H,1-2,6-7,10-12,14H2,(H,27,28)/b19-13+,23-15+/t17?,18-,20+,21-/m1/s1. The number of aliphatic carboxylic acids is 1. The van der Waals surface area contributed by atoms with Crippen LogP contribution in [0.25, 0.3) is 0 Å². The first-order valence-electron chi connectivity index (χ1n) is 10.0. The van der Waals surface area contributed by atoms with Crippen LogP contribution in [0.4, 0.5) is 5.69 Å². The molecule has 0 aliphatic heterocycles. The molecule has 2 rings (SSSR count). The minimum absolute atomic E-state index is 0.104. The summed E-state index contributed by atoms with van der Waals surface area (Å²) in [5.74, 6) is -0.873. The lowest BCUT2D eigenvalue weighted by molar-refractivity contribution is -0.137. The molecular weight excluding hydrogens is 358 g/mol. The number of aliphatic hydroxyl groups is 3. The van der Waals surface area contributed by atoms with Gasteiger partial charge in [-0.2, -0.15) is 0 Å². The van der Waals surface area contributed by atoms with E-state index in [1.807, 2.05) is 36.4 Å². The second-order valence-corrected chi connectivity index (χ2v) is 7.39. The molecule has 0 saturated heterocycles. The molecule has 0 amide bonds. The normalized spacial score (nSPS) is 24.8. The van der Waals surface area contributed by atoms with E-state index in [4.69, 9.17) is 5.11 Å². The highest BCUT2D eigenvalue weighted by atomic mass is 16.4. The number of aliphatic imine (C=N–C) groups is 1. The van der Waals surface area contributed by atoms with E-state index in [2.05, 4.69) is 4.99 Å². The zero-order valence-corrected chi connectivity index (χ0v) is 16.2. The number of unbranched alkanes of at least 4 members (excludes halogenated alkanes) is 3. The summed E-state index contributed by atoms with van der Waals surface area (Å²) in [6.45, 7) is 0. The number of hydrogen-bond acceptors (Lipinski definition) is 5. The van der Waals surface area contributed by atoms with Crippen LogP contribution in [0.1, 0.15) is 51.4 Å². The van der Waals surface area contributed by atoms with E-state index in [1.165, 1.54) is 6.21 Å². The lowest BCUT2D eigenvalue weighted by Gasteiger charge is -2.17. The second kappa shape index (κ2) is 11.7. The van der Waals surface area contributed by atoms with Gasteiger partial charge in [0.15, 0.2) is 0 Å². The number of carboxylic acids is 1. The Morgan fingerprint density at radius 1 is 1.14 bits per heavy atom. The van der Waals surface area contributed by atoms with E-state index in [1.54, 1.807) is 0 Å². The highest BCUT2D eigenvalue weighted by molar-refractivity contribution is 5.67. The number of hydrogen-bond donors (Lipinski definition) is 4. The van der Waals surface area contributed by atoms with E-state index in [0.29, 0.717) is 19.3 Å². The van der Waals surface area contributed by atoms with Gasteiger partial charge < -0.3 is 20.4 Å². The molecule has 1 saturated carbocycles. The second-order valence-electron chi connectivity index (χ2n) is 7.39. The van der Waals surface area contributed by atoms with Gasteiger partial charge in [0, 0.05) is 25.0 Å². The Labute approximate surface area is 166 Å². The largest absolute Gasteiger partial charge is 0.481 e. The lowest BCUT2D eigenvalue weighted by Crippen LogP contribution is -2.15. The third-order valence-corrected chi connectivity index (χ3v) is 5.14. The van der Waals surface area contributed by atoms with Gasteiger partial charge in [-0.05, 0) is 37.0 Å². The fraction of sp³-hybridized carbons (Fsp3) is 0.545. The van der Waals surface area contributed by atoms with Crippen molar-refractivity contribution in [1.82, 2.24) is 0 Å².